The van der Waals surface area contributed by atoms with Crippen LogP contribution in [0, 0.1) is 5.92 Å². The van der Waals surface area contributed by atoms with Gasteiger partial charge in [0.05, 0.1) is 0 Å². The summed E-state index contributed by atoms with van der Waals surface area (Å²) >= 11 is 0. The Kier molecular flexibility index (Phi) is 3.93. The summed E-state index contributed by atoms with van der Waals surface area (Å²) in [5, 5.41) is 0. The van der Waals surface area contributed by atoms with Crippen molar-refractivity contribution in [2.45, 2.75) is 33.6 Å². The summed E-state index contributed by atoms with van der Waals surface area (Å²) in [5.41, 5.74) is 0. The van der Waals surface area contributed by atoms with Gasteiger partial charge in [0, 0.05) is 12.3 Å². The third-order valence-corrected chi connectivity index (χ3v) is 1.62. The van der Waals surface area contributed by atoms with Gasteiger partial charge >= 0.3 is 0 Å². The average molecular weight is 142 g/mol. The van der Waals surface area contributed by atoms with E-state index in [2.05, 4.69) is 0 Å². The summed E-state index contributed by atoms with van der Waals surface area (Å²) in [6.45, 7) is 4.96. The molecule has 0 saturated carbocycles. The zero-order valence-electron chi connectivity index (χ0n) is 6.81. The van der Waals surface area contributed by atoms with Gasteiger partial charge in [-0.25, -0.2) is 0 Å². The van der Waals surface area contributed by atoms with Crippen LogP contribution in [0.4, 0.5) is 0 Å². The number of carbonyl (C=O) groups excluding carboxylic acids is 2. The van der Waals surface area contributed by atoms with E-state index in [9.17, 15) is 9.59 Å². The molecule has 0 aliphatic carbocycles. The normalized spacial score (nSPS) is 12.7. The molecule has 0 rings (SSSR count). The molecular weight excluding hydrogens is 128 g/mol. The van der Waals surface area contributed by atoms with Gasteiger partial charge in [-0.3, -0.25) is 4.79 Å². The molecule has 2 heteroatoms. The van der Waals surface area contributed by atoms with Crippen molar-refractivity contribution < 1.29 is 9.59 Å². The van der Waals surface area contributed by atoms with Gasteiger partial charge in [0.2, 0.25) is 0 Å². The van der Waals surface area contributed by atoms with Gasteiger partial charge < -0.3 is 4.79 Å². The van der Waals surface area contributed by atoms with Gasteiger partial charge in [-0.15, -0.1) is 0 Å². The second kappa shape index (κ2) is 4.20. The van der Waals surface area contributed by atoms with E-state index in [1.165, 1.54) is 0 Å². The molecule has 0 bridgehead atoms. The van der Waals surface area contributed by atoms with Crippen molar-refractivity contribution >= 4 is 11.6 Å². The predicted molar refractivity (Wildman–Crippen MR) is 39.8 cm³/mol. The fourth-order valence-electron chi connectivity index (χ4n) is 0.623. The smallest absolute Gasteiger partial charge is 0.132 e. The molecule has 0 aromatic carbocycles. The molecule has 0 saturated heterocycles. The molecule has 0 aliphatic rings. The number of ketones is 2. The number of carbonyl (C=O) groups is 2. The zero-order chi connectivity index (χ0) is 8.15. The summed E-state index contributed by atoms with van der Waals surface area (Å²) < 4.78 is 0. The maximum Gasteiger partial charge on any atom is 0.132 e. The summed E-state index contributed by atoms with van der Waals surface area (Å²) in [6, 6.07) is 0. The van der Waals surface area contributed by atoms with Gasteiger partial charge in [0.25, 0.3) is 0 Å². The molecular formula is C8H14O2. The van der Waals surface area contributed by atoms with E-state index in [0.717, 1.165) is 0 Å². The summed E-state index contributed by atoms with van der Waals surface area (Å²) in [5.74, 6) is 0.373. The Morgan fingerprint density at radius 3 is 2.10 bits per heavy atom. The Bertz CT molecular complexity index is 138. The Morgan fingerprint density at radius 2 is 1.80 bits per heavy atom. The van der Waals surface area contributed by atoms with Crippen molar-refractivity contribution in [1.29, 1.82) is 0 Å². The lowest BCUT2D eigenvalue weighted by atomic mass is 10.0. The molecule has 58 valence electrons. The molecule has 0 N–H and O–H groups in total. The molecule has 0 fully saturated rings. The average Bonchev–Trinajstić information content (AvgIpc) is 1.82. The van der Waals surface area contributed by atoms with Gasteiger partial charge in [-0.05, 0) is 20.3 Å². The lowest BCUT2D eigenvalue weighted by Gasteiger charge is -2.03. The number of hydrogen-bond acceptors (Lipinski definition) is 2. The monoisotopic (exact) mass is 142 g/mol. The van der Waals surface area contributed by atoms with E-state index in [1.54, 1.807) is 13.8 Å². The quantitative estimate of drug-likeness (QED) is 0.597. The molecule has 2 nitrogen and oxygen atoms in total. The number of rotatable bonds is 4. The molecule has 0 aliphatic heterocycles. The number of hydrogen-bond donors (Lipinski definition) is 0. The third kappa shape index (κ3) is 4.24. The first-order valence-electron chi connectivity index (χ1n) is 3.54. The molecule has 0 aromatic rings. The largest absolute Gasteiger partial charge is 0.300 e. The Balaban J connectivity index is 3.49. The van der Waals surface area contributed by atoms with Crippen molar-refractivity contribution in [2.24, 2.45) is 5.92 Å². The van der Waals surface area contributed by atoms with Crippen LogP contribution >= 0.6 is 0 Å². The van der Waals surface area contributed by atoms with E-state index in [-0.39, 0.29) is 17.5 Å². The van der Waals surface area contributed by atoms with E-state index in [1.807, 2.05) is 6.92 Å². The fourth-order valence-corrected chi connectivity index (χ4v) is 0.623. The third-order valence-electron chi connectivity index (χ3n) is 1.62. The molecule has 10 heavy (non-hydrogen) atoms. The molecule has 0 unspecified atom stereocenters. The highest BCUT2D eigenvalue weighted by Crippen LogP contribution is 2.06. The standard InChI is InChI=1S/C8H14O2/c1-6(8(3)10)4-5-7(2)9/h6H,4-5H2,1-3H3/t6-/m1/s1. The van der Waals surface area contributed by atoms with Crippen LogP contribution in [0.25, 0.3) is 0 Å². The number of Topliss-reactive ketones (excluding diaryl/α,β-unsaturated/α-hetero) is 2. The predicted octanol–water partition coefficient (Wildman–Crippen LogP) is 1.58. The van der Waals surface area contributed by atoms with Crippen LogP contribution in [0.1, 0.15) is 33.6 Å². The van der Waals surface area contributed by atoms with Gasteiger partial charge in [-0.1, -0.05) is 6.92 Å². The summed E-state index contributed by atoms with van der Waals surface area (Å²) in [4.78, 5) is 21.1. The molecule has 0 heterocycles. The van der Waals surface area contributed by atoms with E-state index in [4.69, 9.17) is 0 Å². The van der Waals surface area contributed by atoms with E-state index >= 15 is 0 Å². The van der Waals surface area contributed by atoms with Crippen molar-refractivity contribution in [3.63, 3.8) is 0 Å². The minimum absolute atomic E-state index is 0.0453. The van der Waals surface area contributed by atoms with Crippen LogP contribution in [0.5, 0.6) is 0 Å². The van der Waals surface area contributed by atoms with Gasteiger partial charge in [0.15, 0.2) is 0 Å². The minimum atomic E-state index is 0.0453. The lowest BCUT2D eigenvalue weighted by Crippen LogP contribution is -2.07. The molecule has 0 aromatic heterocycles. The van der Waals surface area contributed by atoms with Crippen LogP contribution in [0.3, 0.4) is 0 Å². The van der Waals surface area contributed by atoms with Crippen LogP contribution in [0.15, 0.2) is 0 Å². The topological polar surface area (TPSA) is 34.1 Å². The van der Waals surface area contributed by atoms with Crippen molar-refractivity contribution in [1.82, 2.24) is 0 Å². The Hall–Kier alpha value is -0.660. The van der Waals surface area contributed by atoms with E-state index in [0.29, 0.717) is 12.8 Å². The lowest BCUT2D eigenvalue weighted by molar-refractivity contribution is -0.121. The van der Waals surface area contributed by atoms with Gasteiger partial charge in [0.1, 0.15) is 11.6 Å². The second-order valence-corrected chi connectivity index (χ2v) is 2.75. The fraction of sp³-hybridized carbons (Fsp3) is 0.750. The second-order valence-electron chi connectivity index (χ2n) is 2.75. The molecule has 0 spiro atoms. The Labute approximate surface area is 61.6 Å². The first-order valence-corrected chi connectivity index (χ1v) is 3.54. The SMILES string of the molecule is CC(=O)CC[C@@H](C)C(C)=O. The highest BCUT2D eigenvalue weighted by atomic mass is 16.1. The van der Waals surface area contributed by atoms with Crippen LogP contribution in [0.2, 0.25) is 0 Å². The van der Waals surface area contributed by atoms with Crippen LogP contribution in [-0.2, 0) is 9.59 Å². The van der Waals surface area contributed by atoms with Crippen LogP contribution in [-0.4, -0.2) is 11.6 Å². The first-order chi connectivity index (χ1) is 4.54. The van der Waals surface area contributed by atoms with E-state index < -0.39 is 0 Å². The summed E-state index contributed by atoms with van der Waals surface area (Å²) in [6.07, 6.45) is 1.23. The summed E-state index contributed by atoms with van der Waals surface area (Å²) in [7, 11) is 0. The molecule has 0 radical (unpaired) electrons. The maximum absolute atomic E-state index is 10.6. The van der Waals surface area contributed by atoms with Crippen molar-refractivity contribution in [3.05, 3.63) is 0 Å². The first kappa shape index (κ1) is 9.34. The molecule has 0 amide bonds. The maximum atomic E-state index is 10.6. The van der Waals surface area contributed by atoms with Gasteiger partial charge in [-0.2, -0.15) is 0 Å². The zero-order valence-corrected chi connectivity index (χ0v) is 6.81. The van der Waals surface area contributed by atoms with Crippen molar-refractivity contribution in [3.8, 4) is 0 Å². The molecule has 1 atom stereocenters. The van der Waals surface area contributed by atoms with Crippen LogP contribution < -0.4 is 0 Å². The van der Waals surface area contributed by atoms with Crippen molar-refractivity contribution in [2.75, 3.05) is 0 Å². The highest BCUT2D eigenvalue weighted by Gasteiger charge is 2.07. The minimum Gasteiger partial charge on any atom is -0.300 e. The highest BCUT2D eigenvalue weighted by molar-refractivity contribution is 5.79. The Morgan fingerprint density at radius 1 is 1.30 bits per heavy atom.